The van der Waals surface area contributed by atoms with Crippen LogP contribution in [-0.2, 0) is 14.9 Å². The predicted molar refractivity (Wildman–Crippen MR) is 107 cm³/mol. The fourth-order valence-corrected chi connectivity index (χ4v) is 5.19. The second-order valence-electron chi connectivity index (χ2n) is 9.12. The van der Waals surface area contributed by atoms with E-state index in [9.17, 15) is 0 Å². The van der Waals surface area contributed by atoms with Gasteiger partial charge in [0.2, 0.25) is 0 Å². The van der Waals surface area contributed by atoms with E-state index in [1.165, 1.54) is 22.0 Å². The number of hydrogen-bond donors (Lipinski definition) is 0. The van der Waals surface area contributed by atoms with Gasteiger partial charge >= 0.3 is 0 Å². The van der Waals surface area contributed by atoms with E-state index in [0.717, 1.165) is 32.7 Å². The molecule has 0 unspecified atom stereocenters. The molecule has 1 aromatic carbocycles. The summed E-state index contributed by atoms with van der Waals surface area (Å²) < 4.78 is 12.9. The Hall–Kier alpha value is -0.460. The molecule has 1 aliphatic carbocycles. The second-order valence-corrected chi connectivity index (χ2v) is 10.0. The van der Waals surface area contributed by atoms with Gasteiger partial charge < -0.3 is 9.47 Å². The van der Waals surface area contributed by atoms with Crippen LogP contribution in [-0.4, -0.2) is 61.0 Å². The Morgan fingerprint density at radius 2 is 1.85 bits per heavy atom. The minimum absolute atomic E-state index is 0.208. The van der Waals surface area contributed by atoms with Crippen LogP contribution in [0.2, 0.25) is 0 Å². The van der Waals surface area contributed by atoms with Gasteiger partial charge in [0.1, 0.15) is 0 Å². The molecule has 0 aromatic heterocycles. The van der Waals surface area contributed by atoms with E-state index >= 15 is 0 Å². The molecule has 4 rings (SSSR count). The quantitative estimate of drug-likeness (QED) is 0.736. The number of halogens is 1. The number of ether oxygens (including phenoxy) is 2. The molecule has 0 N–H and O–H groups in total. The Kier molecular flexibility index (Phi) is 4.98. The lowest BCUT2D eigenvalue weighted by molar-refractivity contribution is -0.140. The van der Waals surface area contributed by atoms with Crippen LogP contribution in [0.5, 0.6) is 0 Å². The molecule has 0 saturated carbocycles. The van der Waals surface area contributed by atoms with Crippen molar-refractivity contribution >= 4 is 15.9 Å². The topological polar surface area (TPSA) is 24.9 Å². The van der Waals surface area contributed by atoms with Crippen LogP contribution >= 0.6 is 15.9 Å². The van der Waals surface area contributed by atoms with E-state index in [1.807, 2.05) is 13.8 Å². The standard InChI is InChI=1S/C21H31BrN2O2/c1-20(2)12-19(17-6-5-15(22)11-18(17)20)24-9-7-23(8-10-24)13-16-14-25-21(3,4)26-16/h5-6,11,16,19H,7-10,12-14H2,1-4H3/t16-,19-/m0/s1. The van der Waals surface area contributed by atoms with Crippen LogP contribution < -0.4 is 0 Å². The first-order valence-corrected chi connectivity index (χ1v) is 10.6. The highest BCUT2D eigenvalue weighted by Gasteiger charge is 2.41. The molecule has 2 saturated heterocycles. The van der Waals surface area contributed by atoms with Crippen molar-refractivity contribution in [2.45, 2.75) is 57.5 Å². The van der Waals surface area contributed by atoms with Gasteiger partial charge in [-0.1, -0.05) is 35.8 Å². The smallest absolute Gasteiger partial charge is 0.163 e. The summed E-state index contributed by atoms with van der Waals surface area (Å²) in [6, 6.07) is 7.41. The van der Waals surface area contributed by atoms with Crippen molar-refractivity contribution in [3.05, 3.63) is 33.8 Å². The van der Waals surface area contributed by atoms with Crippen LogP contribution in [0.3, 0.4) is 0 Å². The second kappa shape index (κ2) is 6.85. The third kappa shape index (κ3) is 3.74. The third-order valence-electron chi connectivity index (χ3n) is 6.18. The van der Waals surface area contributed by atoms with Crippen LogP contribution in [0.4, 0.5) is 0 Å². The van der Waals surface area contributed by atoms with Gasteiger partial charge in [-0.15, -0.1) is 0 Å². The molecule has 0 amide bonds. The maximum absolute atomic E-state index is 5.98. The summed E-state index contributed by atoms with van der Waals surface area (Å²) in [6.07, 6.45) is 1.42. The van der Waals surface area contributed by atoms with Crippen LogP contribution in [0.25, 0.3) is 0 Å². The molecule has 2 atom stereocenters. The largest absolute Gasteiger partial charge is 0.348 e. The first kappa shape index (κ1) is 18.9. The summed E-state index contributed by atoms with van der Waals surface area (Å²) in [5.41, 5.74) is 3.29. The molecule has 2 aliphatic heterocycles. The van der Waals surface area contributed by atoms with E-state index in [0.29, 0.717) is 12.6 Å². The van der Waals surface area contributed by atoms with E-state index < -0.39 is 5.79 Å². The zero-order chi connectivity index (χ0) is 18.5. The number of hydrogen-bond acceptors (Lipinski definition) is 4. The van der Waals surface area contributed by atoms with Crippen LogP contribution in [0.1, 0.15) is 51.3 Å². The first-order chi connectivity index (χ1) is 12.2. The van der Waals surface area contributed by atoms with Gasteiger partial charge in [0.05, 0.1) is 12.7 Å². The lowest BCUT2D eigenvalue weighted by Crippen LogP contribution is -2.49. The minimum atomic E-state index is -0.417. The zero-order valence-corrected chi connectivity index (χ0v) is 18.0. The molecule has 4 nitrogen and oxygen atoms in total. The fourth-order valence-electron chi connectivity index (χ4n) is 4.83. The number of piperazine rings is 1. The molecule has 3 aliphatic rings. The molecule has 26 heavy (non-hydrogen) atoms. The van der Waals surface area contributed by atoms with Crippen LogP contribution in [0.15, 0.2) is 22.7 Å². The van der Waals surface area contributed by atoms with Crippen molar-refractivity contribution in [1.29, 1.82) is 0 Å². The van der Waals surface area contributed by atoms with E-state index in [1.54, 1.807) is 0 Å². The van der Waals surface area contributed by atoms with Gasteiger partial charge in [-0.25, -0.2) is 0 Å². The Bertz CT molecular complexity index is 668. The SMILES string of the molecule is CC1(C)OC[C@H](CN2CCN([C@H]3CC(C)(C)c4cc(Br)ccc43)CC2)O1. The number of nitrogens with zero attached hydrogens (tertiary/aromatic N) is 2. The lowest BCUT2D eigenvalue weighted by atomic mass is 9.86. The van der Waals surface area contributed by atoms with Gasteiger partial charge in [-0.2, -0.15) is 0 Å². The fraction of sp³-hybridized carbons (Fsp3) is 0.714. The highest BCUT2D eigenvalue weighted by molar-refractivity contribution is 9.10. The summed E-state index contributed by atoms with van der Waals surface area (Å²) in [7, 11) is 0. The van der Waals surface area contributed by atoms with E-state index in [2.05, 4.69) is 57.8 Å². The van der Waals surface area contributed by atoms with Crippen molar-refractivity contribution < 1.29 is 9.47 Å². The molecule has 2 heterocycles. The Labute approximate surface area is 166 Å². The summed E-state index contributed by atoms with van der Waals surface area (Å²) in [5.74, 6) is -0.417. The van der Waals surface area contributed by atoms with Gasteiger partial charge in [0, 0.05) is 43.2 Å². The molecule has 144 valence electrons. The normalized spacial score (nSPS) is 31.3. The summed E-state index contributed by atoms with van der Waals surface area (Å²) >= 11 is 3.65. The predicted octanol–water partition coefficient (Wildman–Crippen LogP) is 3.94. The summed E-state index contributed by atoms with van der Waals surface area (Å²) in [5, 5.41) is 0. The van der Waals surface area contributed by atoms with Gasteiger partial charge in [-0.05, 0) is 48.9 Å². The summed E-state index contributed by atoms with van der Waals surface area (Å²) in [4.78, 5) is 5.22. The number of fused-ring (bicyclic) bond motifs is 1. The van der Waals surface area contributed by atoms with Gasteiger partial charge in [-0.3, -0.25) is 9.80 Å². The maximum Gasteiger partial charge on any atom is 0.163 e. The van der Waals surface area contributed by atoms with Gasteiger partial charge in [0.25, 0.3) is 0 Å². The van der Waals surface area contributed by atoms with Crippen molar-refractivity contribution in [1.82, 2.24) is 9.80 Å². The Balaban J connectivity index is 1.37. The molecule has 2 fully saturated rings. The van der Waals surface area contributed by atoms with Crippen molar-refractivity contribution in [2.24, 2.45) is 0 Å². The third-order valence-corrected chi connectivity index (χ3v) is 6.68. The van der Waals surface area contributed by atoms with Crippen molar-refractivity contribution in [3.63, 3.8) is 0 Å². The highest BCUT2D eigenvalue weighted by atomic mass is 79.9. The maximum atomic E-state index is 5.98. The van der Waals surface area contributed by atoms with Crippen molar-refractivity contribution in [3.8, 4) is 0 Å². The van der Waals surface area contributed by atoms with Crippen LogP contribution in [0, 0.1) is 0 Å². The monoisotopic (exact) mass is 422 g/mol. The summed E-state index contributed by atoms with van der Waals surface area (Å²) in [6.45, 7) is 15.0. The van der Waals surface area contributed by atoms with E-state index in [4.69, 9.17) is 9.47 Å². The highest BCUT2D eigenvalue weighted by Crippen LogP contribution is 2.48. The average molecular weight is 423 g/mol. The average Bonchev–Trinajstić information content (AvgIpc) is 3.05. The molecular weight excluding hydrogens is 392 g/mol. The first-order valence-electron chi connectivity index (χ1n) is 9.82. The van der Waals surface area contributed by atoms with E-state index in [-0.39, 0.29) is 11.5 Å². The molecule has 0 radical (unpaired) electrons. The number of benzene rings is 1. The number of rotatable bonds is 3. The lowest BCUT2D eigenvalue weighted by Gasteiger charge is -2.39. The molecular formula is C21H31BrN2O2. The minimum Gasteiger partial charge on any atom is -0.348 e. The van der Waals surface area contributed by atoms with Gasteiger partial charge in [0.15, 0.2) is 5.79 Å². The zero-order valence-electron chi connectivity index (χ0n) is 16.4. The molecule has 1 aromatic rings. The molecule has 5 heteroatoms. The van der Waals surface area contributed by atoms with Crippen molar-refractivity contribution in [2.75, 3.05) is 39.3 Å². The molecule has 0 bridgehead atoms. The Morgan fingerprint density at radius 3 is 2.50 bits per heavy atom. The molecule has 0 spiro atoms. The Morgan fingerprint density at radius 1 is 1.12 bits per heavy atom.